The molecule has 2 N–H and O–H groups in total. The van der Waals surface area contributed by atoms with Gasteiger partial charge in [-0.3, -0.25) is 4.98 Å². The van der Waals surface area contributed by atoms with E-state index in [1.165, 1.54) is 0 Å². The normalized spacial score (nSPS) is 18.1. The molecule has 1 aliphatic rings. The molecule has 0 bridgehead atoms. The van der Waals surface area contributed by atoms with Crippen molar-refractivity contribution in [1.29, 1.82) is 0 Å². The summed E-state index contributed by atoms with van der Waals surface area (Å²) in [6.45, 7) is 7.09. The second kappa shape index (κ2) is 9.12. The van der Waals surface area contributed by atoms with E-state index in [0.717, 1.165) is 47.1 Å². The van der Waals surface area contributed by atoms with Crippen LogP contribution < -0.4 is 5.32 Å². The van der Waals surface area contributed by atoms with E-state index in [9.17, 15) is 9.90 Å². The third kappa shape index (κ3) is 3.88. The number of hydrogen-bond donors (Lipinski definition) is 2. The molecule has 0 spiro atoms. The van der Waals surface area contributed by atoms with E-state index >= 15 is 0 Å². The van der Waals surface area contributed by atoms with Crippen LogP contribution in [0.25, 0.3) is 5.69 Å². The van der Waals surface area contributed by atoms with Gasteiger partial charge in [0.15, 0.2) is 5.11 Å². The summed E-state index contributed by atoms with van der Waals surface area (Å²) in [7, 11) is 0. The van der Waals surface area contributed by atoms with E-state index in [1.807, 2.05) is 41.8 Å². The number of unbranched alkanes of at least 4 members (excludes halogenated alkanes) is 1. The number of hydrogen-bond acceptors (Lipinski definition) is 3. The second-order valence-corrected chi connectivity index (χ2v) is 8.54. The number of aryl methyl sites for hydroxylation is 1. The first kappa shape index (κ1) is 22.0. The van der Waals surface area contributed by atoms with Crippen molar-refractivity contribution in [3.8, 4) is 5.69 Å². The Morgan fingerprint density at radius 3 is 2.62 bits per heavy atom. The SMILES string of the molecule is CCCCN1C(=S)N[C@@H](c2ccccn2)[C@@H]1c1cc(C)n(-c2ccccc2C(=O)O)c1C. The molecule has 1 aliphatic heterocycles. The summed E-state index contributed by atoms with van der Waals surface area (Å²) < 4.78 is 2.04. The summed E-state index contributed by atoms with van der Waals surface area (Å²) in [5.74, 6) is -0.936. The van der Waals surface area contributed by atoms with Crippen molar-refractivity contribution < 1.29 is 9.90 Å². The number of aromatic nitrogens is 2. The largest absolute Gasteiger partial charge is 0.478 e. The van der Waals surface area contributed by atoms with Crippen LogP contribution in [0.4, 0.5) is 0 Å². The molecule has 3 aromatic rings. The Bertz CT molecular complexity index is 1140. The molecular formula is C25H28N4O2S. The van der Waals surface area contributed by atoms with Crippen molar-refractivity contribution in [3.63, 3.8) is 0 Å². The van der Waals surface area contributed by atoms with Gasteiger partial charge in [0.05, 0.1) is 29.0 Å². The molecule has 0 aliphatic carbocycles. The first-order valence-electron chi connectivity index (χ1n) is 10.9. The van der Waals surface area contributed by atoms with Crippen LogP contribution >= 0.6 is 12.2 Å². The highest BCUT2D eigenvalue weighted by atomic mass is 32.1. The van der Waals surface area contributed by atoms with Gasteiger partial charge >= 0.3 is 5.97 Å². The van der Waals surface area contributed by atoms with E-state index in [4.69, 9.17) is 12.2 Å². The first-order valence-corrected chi connectivity index (χ1v) is 11.3. The van der Waals surface area contributed by atoms with Crippen LogP contribution in [0.15, 0.2) is 54.7 Å². The van der Waals surface area contributed by atoms with E-state index < -0.39 is 5.97 Å². The Morgan fingerprint density at radius 2 is 1.94 bits per heavy atom. The molecule has 1 aromatic carbocycles. The monoisotopic (exact) mass is 448 g/mol. The van der Waals surface area contributed by atoms with Gasteiger partial charge in [0.1, 0.15) is 0 Å². The van der Waals surface area contributed by atoms with Crippen LogP contribution in [0.2, 0.25) is 0 Å². The molecule has 7 heteroatoms. The number of aromatic carboxylic acids is 1. The van der Waals surface area contributed by atoms with Crippen LogP contribution in [0.5, 0.6) is 0 Å². The van der Waals surface area contributed by atoms with E-state index in [1.54, 1.807) is 18.3 Å². The van der Waals surface area contributed by atoms with Crippen molar-refractivity contribution in [2.45, 2.75) is 45.7 Å². The number of carboxylic acids is 1. The summed E-state index contributed by atoms with van der Waals surface area (Å²) in [5.41, 5.74) is 5.01. The smallest absolute Gasteiger partial charge is 0.337 e. The van der Waals surface area contributed by atoms with Crippen LogP contribution in [-0.4, -0.2) is 37.2 Å². The molecule has 0 radical (unpaired) electrons. The number of nitrogens with zero attached hydrogens (tertiary/aromatic N) is 3. The molecule has 1 saturated heterocycles. The van der Waals surface area contributed by atoms with Crippen molar-refractivity contribution in [2.24, 2.45) is 0 Å². The molecule has 6 nitrogen and oxygen atoms in total. The first-order chi connectivity index (χ1) is 15.4. The summed E-state index contributed by atoms with van der Waals surface area (Å²) in [4.78, 5) is 18.7. The van der Waals surface area contributed by atoms with Crippen molar-refractivity contribution >= 4 is 23.3 Å². The Morgan fingerprint density at radius 1 is 1.19 bits per heavy atom. The highest BCUT2D eigenvalue weighted by Gasteiger charge is 2.41. The van der Waals surface area contributed by atoms with Gasteiger partial charge in [0, 0.05) is 24.1 Å². The van der Waals surface area contributed by atoms with Crippen LogP contribution in [0.1, 0.15) is 64.9 Å². The minimum Gasteiger partial charge on any atom is -0.478 e. The van der Waals surface area contributed by atoms with Crippen LogP contribution in [-0.2, 0) is 0 Å². The quantitative estimate of drug-likeness (QED) is 0.498. The average molecular weight is 449 g/mol. The van der Waals surface area contributed by atoms with Gasteiger partial charge in [-0.2, -0.15) is 0 Å². The lowest BCUT2D eigenvalue weighted by molar-refractivity contribution is 0.0697. The average Bonchev–Trinajstić information content (AvgIpc) is 3.27. The summed E-state index contributed by atoms with van der Waals surface area (Å²) in [6.07, 6.45) is 3.91. The molecule has 2 atom stereocenters. The van der Waals surface area contributed by atoms with Gasteiger partial charge in [-0.25, -0.2) is 4.79 Å². The summed E-state index contributed by atoms with van der Waals surface area (Å²) in [5, 5.41) is 14.0. The third-order valence-corrected chi connectivity index (χ3v) is 6.47. The molecule has 0 unspecified atom stereocenters. The fourth-order valence-corrected chi connectivity index (χ4v) is 4.95. The van der Waals surface area contributed by atoms with Gasteiger partial charge in [0.2, 0.25) is 0 Å². The van der Waals surface area contributed by atoms with Crippen molar-refractivity contribution in [2.75, 3.05) is 6.54 Å². The fourth-order valence-electron chi connectivity index (χ4n) is 4.62. The lowest BCUT2D eigenvalue weighted by Crippen LogP contribution is -2.30. The third-order valence-electron chi connectivity index (χ3n) is 6.11. The number of para-hydroxylation sites is 1. The zero-order valence-corrected chi connectivity index (χ0v) is 19.4. The maximum Gasteiger partial charge on any atom is 0.337 e. The summed E-state index contributed by atoms with van der Waals surface area (Å²) in [6, 6.07) is 15.1. The number of carboxylic acid groups (broad SMARTS) is 1. The predicted molar refractivity (Wildman–Crippen MR) is 129 cm³/mol. The lowest BCUT2D eigenvalue weighted by atomic mass is 9.96. The Balaban J connectivity index is 1.85. The molecule has 0 saturated carbocycles. The van der Waals surface area contributed by atoms with E-state index in [2.05, 4.69) is 35.1 Å². The molecule has 32 heavy (non-hydrogen) atoms. The van der Waals surface area contributed by atoms with Gasteiger partial charge in [-0.1, -0.05) is 31.5 Å². The molecule has 3 heterocycles. The minimum absolute atomic E-state index is 0.0270. The summed E-state index contributed by atoms with van der Waals surface area (Å²) >= 11 is 5.74. The molecule has 0 amide bonds. The molecule has 166 valence electrons. The van der Waals surface area contributed by atoms with Gasteiger partial charge in [-0.15, -0.1) is 0 Å². The standard InChI is InChI=1S/C25H28N4O2S/c1-4-5-14-28-23(22(27-25(28)32)20-11-8-9-13-26-20)19-15-16(2)29(17(19)3)21-12-7-6-10-18(21)24(30)31/h6-13,15,22-23H,4-5,14H2,1-3H3,(H,27,32)(H,30,31)/t22-,23-/m0/s1. The van der Waals surface area contributed by atoms with E-state index in [0.29, 0.717) is 5.69 Å². The zero-order valence-electron chi connectivity index (χ0n) is 18.6. The fraction of sp³-hybridized carbons (Fsp3) is 0.320. The zero-order chi connectivity index (χ0) is 22.8. The number of pyridine rings is 1. The number of nitrogens with one attached hydrogen (secondary N) is 1. The highest BCUT2D eigenvalue weighted by molar-refractivity contribution is 7.80. The molecule has 2 aromatic heterocycles. The van der Waals surface area contributed by atoms with Crippen molar-refractivity contribution in [1.82, 2.24) is 19.8 Å². The maximum absolute atomic E-state index is 11.9. The molecular weight excluding hydrogens is 420 g/mol. The minimum atomic E-state index is -0.936. The Labute approximate surface area is 193 Å². The van der Waals surface area contributed by atoms with E-state index in [-0.39, 0.29) is 17.6 Å². The van der Waals surface area contributed by atoms with Crippen molar-refractivity contribution in [3.05, 3.63) is 82.9 Å². The maximum atomic E-state index is 11.9. The second-order valence-electron chi connectivity index (χ2n) is 8.16. The molecule has 4 rings (SSSR count). The predicted octanol–water partition coefficient (Wildman–Crippen LogP) is 4.96. The van der Waals surface area contributed by atoms with Gasteiger partial charge in [0.25, 0.3) is 0 Å². The Kier molecular flexibility index (Phi) is 6.28. The lowest BCUT2D eigenvalue weighted by Gasteiger charge is -2.28. The number of benzene rings is 1. The van der Waals surface area contributed by atoms with Crippen LogP contribution in [0.3, 0.4) is 0 Å². The molecule has 1 fully saturated rings. The van der Waals surface area contributed by atoms with Gasteiger partial charge in [-0.05, 0) is 68.4 Å². The Hall–Kier alpha value is -3.19. The van der Waals surface area contributed by atoms with Crippen LogP contribution in [0, 0.1) is 13.8 Å². The number of carbonyl (C=O) groups is 1. The highest BCUT2D eigenvalue weighted by Crippen LogP contribution is 2.41. The number of rotatable bonds is 7. The van der Waals surface area contributed by atoms with Gasteiger partial charge < -0.3 is 19.9 Å². The number of thiocarbonyl (C=S) groups is 1. The topological polar surface area (TPSA) is 70.4 Å².